The van der Waals surface area contributed by atoms with Crippen molar-refractivity contribution in [1.82, 2.24) is 10.6 Å². The Morgan fingerprint density at radius 1 is 1.48 bits per heavy atom. The first-order chi connectivity index (χ1) is 12.2. The Morgan fingerprint density at radius 3 is 2.52 bits per heavy atom. The van der Waals surface area contributed by atoms with Crippen LogP contribution in [0.25, 0.3) is 0 Å². The fraction of sp³-hybridized carbons (Fsp3) is 0.263. The lowest BCUT2D eigenvalue weighted by atomic mass is 10.1. The van der Waals surface area contributed by atoms with Crippen LogP contribution in [0.5, 0.6) is 0 Å². The highest BCUT2D eigenvalue weighted by molar-refractivity contribution is 9.10. The van der Waals surface area contributed by atoms with Crippen LogP contribution in [0, 0.1) is 18.3 Å². The summed E-state index contributed by atoms with van der Waals surface area (Å²) in [7, 11) is 1.99. The number of nitrogens with zero attached hydrogens (tertiary/aromatic N) is 1. The highest BCUT2D eigenvalue weighted by Crippen LogP contribution is 2.27. The van der Waals surface area contributed by atoms with Gasteiger partial charge in [0.25, 0.3) is 0 Å². The smallest absolute Gasteiger partial charge is 0.0847 e. The van der Waals surface area contributed by atoms with Crippen LogP contribution in [-0.2, 0) is 0 Å². The summed E-state index contributed by atoms with van der Waals surface area (Å²) in [6.45, 7) is 12.7. The number of nitrogens with one attached hydrogen (secondary N) is 3. The molecule has 1 atom stereocenters. The standard InChI is InChI=1S/C16H22BrN3S.C2H2.CH3N/c1-5-7-14(13(6-2)18-3)20-9-8-15(19-4)16-10-12(17)11-21-16;2*1-2/h5-7,10-11,15,19-20H,2-3,8-9H2,1,4H3;1-2H;2H,1H2/b7-5-,14-13-;;. The zero-order chi connectivity index (χ0) is 19.7. The molecule has 0 spiro atoms. The SMILES string of the molecule is C#C.C=C/C(N=C)=C(\C=C/C)NCCC(NC)c1cc(Br)cs1.C=N. The van der Waals surface area contributed by atoms with Gasteiger partial charge >= 0.3 is 0 Å². The van der Waals surface area contributed by atoms with Gasteiger partial charge in [0.2, 0.25) is 0 Å². The highest BCUT2D eigenvalue weighted by atomic mass is 79.9. The third kappa shape index (κ3) is 9.82. The number of terminal acetylenes is 1. The topological polar surface area (TPSA) is 60.3 Å². The number of hydrogen-bond donors (Lipinski definition) is 3. The average Bonchev–Trinajstić information content (AvgIpc) is 3.09. The maximum absolute atomic E-state index is 5.50. The van der Waals surface area contributed by atoms with Crippen molar-refractivity contribution < 1.29 is 0 Å². The molecule has 0 aliphatic rings. The van der Waals surface area contributed by atoms with E-state index >= 15 is 0 Å². The molecule has 1 heterocycles. The van der Waals surface area contributed by atoms with Gasteiger partial charge in [0.1, 0.15) is 0 Å². The molecule has 3 N–H and O–H groups in total. The molecule has 0 saturated heterocycles. The van der Waals surface area contributed by atoms with Crippen molar-refractivity contribution in [2.45, 2.75) is 19.4 Å². The van der Waals surface area contributed by atoms with Gasteiger partial charge in [-0.2, -0.15) is 0 Å². The van der Waals surface area contributed by atoms with E-state index in [0.29, 0.717) is 6.04 Å². The molecule has 25 heavy (non-hydrogen) atoms. The van der Waals surface area contributed by atoms with E-state index in [2.05, 4.69) is 75.9 Å². The van der Waals surface area contributed by atoms with Crippen molar-refractivity contribution in [1.29, 1.82) is 5.41 Å². The monoisotopic (exact) mass is 422 g/mol. The lowest BCUT2D eigenvalue weighted by molar-refractivity contribution is 0.543. The van der Waals surface area contributed by atoms with Crippen molar-refractivity contribution in [3.63, 3.8) is 0 Å². The van der Waals surface area contributed by atoms with E-state index in [1.807, 2.05) is 26.1 Å². The lowest BCUT2D eigenvalue weighted by Gasteiger charge is -2.16. The summed E-state index contributed by atoms with van der Waals surface area (Å²) in [6, 6.07) is 2.50. The zero-order valence-corrected chi connectivity index (χ0v) is 17.3. The van der Waals surface area contributed by atoms with Crippen molar-refractivity contribution >= 4 is 40.7 Å². The molecule has 1 aromatic rings. The predicted molar refractivity (Wildman–Crippen MR) is 118 cm³/mol. The Bertz CT molecular complexity index is 577. The van der Waals surface area contributed by atoms with Crippen LogP contribution in [0.15, 0.2) is 57.1 Å². The molecule has 4 nitrogen and oxygen atoms in total. The maximum atomic E-state index is 5.50. The van der Waals surface area contributed by atoms with E-state index in [9.17, 15) is 0 Å². The van der Waals surface area contributed by atoms with Gasteiger partial charge in [0.05, 0.1) is 11.4 Å². The van der Waals surface area contributed by atoms with Gasteiger partial charge in [-0.1, -0.05) is 12.7 Å². The minimum absolute atomic E-state index is 0.338. The molecule has 1 aromatic heterocycles. The van der Waals surface area contributed by atoms with Gasteiger partial charge in [-0.15, -0.1) is 24.2 Å². The third-order valence-electron chi connectivity index (χ3n) is 3.00. The number of halogens is 1. The Morgan fingerprint density at radius 2 is 2.12 bits per heavy atom. The Balaban J connectivity index is 0. The minimum Gasteiger partial charge on any atom is -0.383 e. The van der Waals surface area contributed by atoms with Gasteiger partial charge < -0.3 is 16.0 Å². The second kappa shape index (κ2) is 16.9. The summed E-state index contributed by atoms with van der Waals surface area (Å²) in [5.74, 6) is 0. The quantitative estimate of drug-likeness (QED) is 0.299. The molecule has 0 radical (unpaired) electrons. The molecule has 0 aromatic carbocycles. The summed E-state index contributed by atoms with van der Waals surface area (Å²) in [6.07, 6.45) is 14.7. The molecule has 0 fully saturated rings. The molecule has 136 valence electrons. The van der Waals surface area contributed by atoms with Crippen LogP contribution < -0.4 is 10.6 Å². The molecular formula is C19H27BrN4S. The summed E-state index contributed by atoms with van der Waals surface area (Å²) in [5.41, 5.74) is 1.72. The number of thiophene rings is 1. The minimum atomic E-state index is 0.338. The fourth-order valence-electron chi connectivity index (χ4n) is 1.95. The van der Waals surface area contributed by atoms with Gasteiger partial charge in [-0.05, 0) is 68.0 Å². The largest absolute Gasteiger partial charge is 0.383 e. The van der Waals surface area contributed by atoms with E-state index in [4.69, 9.17) is 5.41 Å². The molecular weight excluding hydrogens is 396 g/mol. The van der Waals surface area contributed by atoms with Gasteiger partial charge in [-0.25, -0.2) is 0 Å². The van der Waals surface area contributed by atoms with E-state index < -0.39 is 0 Å². The lowest BCUT2D eigenvalue weighted by Crippen LogP contribution is -2.22. The molecule has 0 aliphatic heterocycles. The first-order valence-corrected chi connectivity index (χ1v) is 9.13. The molecule has 0 amide bonds. The van der Waals surface area contributed by atoms with Gasteiger partial charge in [-0.3, -0.25) is 4.99 Å². The van der Waals surface area contributed by atoms with Crippen LogP contribution in [0.4, 0.5) is 0 Å². The summed E-state index contributed by atoms with van der Waals surface area (Å²) >= 11 is 5.26. The maximum Gasteiger partial charge on any atom is 0.0847 e. The number of allylic oxidation sites excluding steroid dienone is 3. The number of hydrogen-bond acceptors (Lipinski definition) is 5. The van der Waals surface area contributed by atoms with Crippen molar-refractivity contribution in [3.05, 3.63) is 57.0 Å². The second-order valence-corrected chi connectivity index (χ2v) is 6.24. The van der Waals surface area contributed by atoms with E-state index in [0.717, 1.165) is 28.8 Å². The summed E-state index contributed by atoms with van der Waals surface area (Å²) in [5, 5.41) is 14.4. The summed E-state index contributed by atoms with van der Waals surface area (Å²) in [4.78, 5) is 5.31. The second-order valence-electron chi connectivity index (χ2n) is 4.39. The fourth-order valence-corrected chi connectivity index (χ4v) is 3.54. The number of rotatable bonds is 9. The van der Waals surface area contributed by atoms with Crippen LogP contribution in [0.1, 0.15) is 24.3 Å². The van der Waals surface area contributed by atoms with Crippen molar-refractivity contribution in [3.8, 4) is 12.8 Å². The van der Waals surface area contributed by atoms with Crippen LogP contribution in [0.3, 0.4) is 0 Å². The molecule has 0 aliphatic carbocycles. The number of aliphatic imine (C=N–C) groups is 1. The van der Waals surface area contributed by atoms with Crippen LogP contribution in [0.2, 0.25) is 0 Å². The molecule has 0 saturated carbocycles. The van der Waals surface area contributed by atoms with Crippen molar-refractivity contribution in [2.75, 3.05) is 13.6 Å². The van der Waals surface area contributed by atoms with Gasteiger partial charge in [0.15, 0.2) is 0 Å². The molecule has 1 rings (SSSR count). The Kier molecular flexibility index (Phi) is 17.1. The Hall–Kier alpha value is -1.94. The van der Waals surface area contributed by atoms with E-state index in [1.165, 1.54) is 4.88 Å². The summed E-state index contributed by atoms with van der Waals surface area (Å²) < 4.78 is 1.13. The third-order valence-corrected chi connectivity index (χ3v) is 4.81. The molecule has 0 bridgehead atoms. The predicted octanol–water partition coefficient (Wildman–Crippen LogP) is 4.94. The highest BCUT2D eigenvalue weighted by Gasteiger charge is 2.11. The molecule has 6 heteroatoms. The first-order valence-electron chi connectivity index (χ1n) is 7.46. The normalized spacial score (nSPS) is 11.9. The average molecular weight is 423 g/mol. The van der Waals surface area contributed by atoms with E-state index in [-0.39, 0.29) is 0 Å². The van der Waals surface area contributed by atoms with E-state index in [1.54, 1.807) is 17.4 Å². The molecule has 1 unspecified atom stereocenters. The van der Waals surface area contributed by atoms with Crippen molar-refractivity contribution in [2.24, 2.45) is 4.99 Å². The van der Waals surface area contributed by atoms with Gasteiger partial charge in [0, 0.05) is 27.3 Å². The van der Waals surface area contributed by atoms with Crippen LogP contribution in [-0.4, -0.2) is 27.0 Å². The zero-order valence-electron chi connectivity index (χ0n) is 14.9. The van der Waals surface area contributed by atoms with Crippen LogP contribution >= 0.6 is 27.3 Å². The Labute approximate surface area is 164 Å². The first kappa shape index (κ1) is 25.3.